The number of hydrogen-bond acceptors (Lipinski definition) is 2. The molecule has 3 heteroatoms. The summed E-state index contributed by atoms with van der Waals surface area (Å²) in [6.45, 7) is 3.85. The largest absolute Gasteiger partial charge is 0.496 e. The van der Waals surface area contributed by atoms with Crippen LogP contribution in [-0.4, -0.2) is 7.11 Å². The number of nitrogens with two attached hydrogens (primary N) is 1. The van der Waals surface area contributed by atoms with Gasteiger partial charge in [-0.25, -0.2) is 0 Å². The second-order valence-corrected chi connectivity index (χ2v) is 3.54. The van der Waals surface area contributed by atoms with Crippen molar-refractivity contribution in [2.24, 2.45) is 5.73 Å². The van der Waals surface area contributed by atoms with Gasteiger partial charge in [-0.3, -0.25) is 0 Å². The van der Waals surface area contributed by atoms with Gasteiger partial charge in [0.15, 0.2) is 0 Å². The van der Waals surface area contributed by atoms with Crippen LogP contribution in [0.1, 0.15) is 24.1 Å². The molecule has 2 nitrogen and oxygen atoms in total. The zero-order valence-corrected chi connectivity index (χ0v) is 8.85. The van der Waals surface area contributed by atoms with Gasteiger partial charge in [-0.05, 0) is 37.1 Å². The lowest BCUT2D eigenvalue weighted by Crippen LogP contribution is -2.06. The number of halogens is 1. The zero-order valence-electron chi connectivity index (χ0n) is 8.10. The van der Waals surface area contributed by atoms with E-state index in [4.69, 9.17) is 22.1 Å². The average Bonchev–Trinajstić information content (AvgIpc) is 2.03. The van der Waals surface area contributed by atoms with E-state index in [1.54, 1.807) is 7.11 Å². The fraction of sp³-hybridized carbons (Fsp3) is 0.400. The molecule has 0 radical (unpaired) electrons. The maximum absolute atomic E-state index is 6.02. The second kappa shape index (κ2) is 3.99. The molecule has 0 saturated carbocycles. The Morgan fingerprint density at radius 3 is 2.54 bits per heavy atom. The van der Waals surface area contributed by atoms with E-state index in [2.05, 4.69) is 0 Å². The average molecular weight is 200 g/mol. The fourth-order valence-corrected chi connectivity index (χ4v) is 1.63. The SMILES string of the molecule is COc1cc(C(C)N)c(Cl)cc1C. The van der Waals surface area contributed by atoms with E-state index in [-0.39, 0.29) is 6.04 Å². The molecule has 0 bridgehead atoms. The van der Waals surface area contributed by atoms with Crippen LogP contribution in [0.25, 0.3) is 0 Å². The summed E-state index contributed by atoms with van der Waals surface area (Å²) in [6.07, 6.45) is 0. The van der Waals surface area contributed by atoms with Crippen LogP contribution in [0.4, 0.5) is 0 Å². The van der Waals surface area contributed by atoms with Crippen molar-refractivity contribution in [3.63, 3.8) is 0 Å². The van der Waals surface area contributed by atoms with Crippen molar-refractivity contribution in [3.8, 4) is 5.75 Å². The molecule has 0 aliphatic rings. The van der Waals surface area contributed by atoms with Crippen LogP contribution in [-0.2, 0) is 0 Å². The second-order valence-electron chi connectivity index (χ2n) is 3.13. The maximum atomic E-state index is 6.02. The highest BCUT2D eigenvalue weighted by atomic mass is 35.5. The molecule has 0 amide bonds. The molecular formula is C10H14ClNO. The first-order valence-corrected chi connectivity index (χ1v) is 4.53. The first kappa shape index (κ1) is 10.4. The van der Waals surface area contributed by atoms with Crippen LogP contribution in [0.5, 0.6) is 5.75 Å². The highest BCUT2D eigenvalue weighted by Gasteiger charge is 2.09. The molecule has 0 saturated heterocycles. The van der Waals surface area contributed by atoms with E-state index in [1.165, 1.54) is 0 Å². The lowest BCUT2D eigenvalue weighted by atomic mass is 10.1. The van der Waals surface area contributed by atoms with Gasteiger partial charge >= 0.3 is 0 Å². The molecule has 0 heterocycles. The van der Waals surface area contributed by atoms with E-state index >= 15 is 0 Å². The third-order valence-electron chi connectivity index (χ3n) is 2.00. The van der Waals surface area contributed by atoms with E-state index in [1.807, 2.05) is 26.0 Å². The Labute approximate surface area is 83.6 Å². The first-order chi connectivity index (χ1) is 6.06. The Morgan fingerprint density at radius 2 is 2.08 bits per heavy atom. The molecule has 1 aromatic rings. The molecule has 72 valence electrons. The summed E-state index contributed by atoms with van der Waals surface area (Å²) in [6, 6.07) is 3.70. The molecule has 0 aliphatic carbocycles. The zero-order chi connectivity index (χ0) is 10.0. The van der Waals surface area contributed by atoms with Gasteiger partial charge < -0.3 is 10.5 Å². The van der Waals surface area contributed by atoms with E-state index in [9.17, 15) is 0 Å². The van der Waals surface area contributed by atoms with Gasteiger partial charge in [-0.1, -0.05) is 11.6 Å². The fourth-order valence-electron chi connectivity index (χ4n) is 1.24. The number of hydrogen-bond donors (Lipinski definition) is 1. The summed E-state index contributed by atoms with van der Waals surface area (Å²) < 4.78 is 5.18. The van der Waals surface area contributed by atoms with Gasteiger partial charge in [-0.15, -0.1) is 0 Å². The van der Waals surface area contributed by atoms with Crippen LogP contribution in [0.2, 0.25) is 5.02 Å². The van der Waals surface area contributed by atoms with E-state index < -0.39 is 0 Å². The van der Waals surface area contributed by atoms with E-state index in [0.29, 0.717) is 5.02 Å². The van der Waals surface area contributed by atoms with Crippen molar-refractivity contribution in [1.29, 1.82) is 0 Å². The summed E-state index contributed by atoms with van der Waals surface area (Å²) in [5.41, 5.74) is 7.69. The molecule has 0 fully saturated rings. The lowest BCUT2D eigenvalue weighted by molar-refractivity contribution is 0.411. The number of methoxy groups -OCH3 is 1. The maximum Gasteiger partial charge on any atom is 0.122 e. The van der Waals surface area contributed by atoms with Crippen LogP contribution in [0, 0.1) is 6.92 Å². The Bertz CT molecular complexity index is 310. The standard InChI is InChI=1S/C10H14ClNO/c1-6-4-9(11)8(7(2)12)5-10(6)13-3/h4-5,7H,12H2,1-3H3. The summed E-state index contributed by atoms with van der Waals surface area (Å²) >= 11 is 6.02. The van der Waals surface area contributed by atoms with Gasteiger partial charge in [0.25, 0.3) is 0 Å². The quantitative estimate of drug-likeness (QED) is 0.795. The van der Waals surface area contributed by atoms with Crippen molar-refractivity contribution in [1.82, 2.24) is 0 Å². The molecular weight excluding hydrogens is 186 g/mol. The minimum absolute atomic E-state index is 0.0676. The Balaban J connectivity index is 3.22. The molecule has 0 spiro atoms. The predicted molar refractivity (Wildman–Crippen MR) is 55.3 cm³/mol. The monoisotopic (exact) mass is 199 g/mol. The molecule has 2 N–H and O–H groups in total. The first-order valence-electron chi connectivity index (χ1n) is 4.16. The van der Waals surface area contributed by atoms with Gasteiger partial charge in [0, 0.05) is 11.1 Å². The van der Waals surface area contributed by atoms with Crippen molar-refractivity contribution < 1.29 is 4.74 Å². The minimum atomic E-state index is -0.0676. The lowest BCUT2D eigenvalue weighted by Gasteiger charge is -2.12. The highest BCUT2D eigenvalue weighted by molar-refractivity contribution is 6.31. The molecule has 0 aliphatic heterocycles. The van der Waals surface area contributed by atoms with Crippen LogP contribution in [0.15, 0.2) is 12.1 Å². The van der Waals surface area contributed by atoms with Crippen molar-refractivity contribution >= 4 is 11.6 Å². The summed E-state index contributed by atoms with van der Waals surface area (Å²) in [5.74, 6) is 0.830. The highest BCUT2D eigenvalue weighted by Crippen LogP contribution is 2.29. The molecule has 13 heavy (non-hydrogen) atoms. The third-order valence-corrected chi connectivity index (χ3v) is 2.33. The van der Waals surface area contributed by atoms with Gasteiger partial charge in [0.1, 0.15) is 5.75 Å². The normalized spacial score (nSPS) is 12.7. The van der Waals surface area contributed by atoms with Gasteiger partial charge in [0.05, 0.1) is 7.11 Å². The molecule has 1 rings (SSSR count). The van der Waals surface area contributed by atoms with Crippen molar-refractivity contribution in [2.75, 3.05) is 7.11 Å². The predicted octanol–water partition coefficient (Wildman–Crippen LogP) is 2.68. The summed E-state index contributed by atoms with van der Waals surface area (Å²) in [4.78, 5) is 0. The minimum Gasteiger partial charge on any atom is -0.496 e. The Morgan fingerprint density at radius 1 is 1.46 bits per heavy atom. The number of rotatable bonds is 2. The van der Waals surface area contributed by atoms with Gasteiger partial charge in [0.2, 0.25) is 0 Å². The molecule has 1 unspecified atom stereocenters. The van der Waals surface area contributed by atoms with Gasteiger partial charge in [-0.2, -0.15) is 0 Å². The number of aryl methyl sites for hydroxylation is 1. The van der Waals surface area contributed by atoms with Crippen LogP contribution < -0.4 is 10.5 Å². The van der Waals surface area contributed by atoms with Crippen LogP contribution >= 0.6 is 11.6 Å². The topological polar surface area (TPSA) is 35.2 Å². The Kier molecular flexibility index (Phi) is 3.17. The third kappa shape index (κ3) is 2.14. The number of benzene rings is 1. The van der Waals surface area contributed by atoms with E-state index in [0.717, 1.165) is 16.9 Å². The Hall–Kier alpha value is -0.730. The molecule has 1 aromatic carbocycles. The van der Waals surface area contributed by atoms with Crippen LogP contribution in [0.3, 0.4) is 0 Å². The summed E-state index contributed by atoms with van der Waals surface area (Å²) in [7, 11) is 1.64. The smallest absolute Gasteiger partial charge is 0.122 e. The van der Waals surface area contributed by atoms with Crippen molar-refractivity contribution in [3.05, 3.63) is 28.3 Å². The molecule has 0 aromatic heterocycles. The van der Waals surface area contributed by atoms with Crippen molar-refractivity contribution in [2.45, 2.75) is 19.9 Å². The number of ether oxygens (including phenoxy) is 1. The molecule has 1 atom stereocenters. The summed E-state index contributed by atoms with van der Waals surface area (Å²) in [5, 5.41) is 0.702.